The summed E-state index contributed by atoms with van der Waals surface area (Å²) in [5.41, 5.74) is 6.93. The molecule has 1 aliphatic heterocycles. The second-order valence-corrected chi connectivity index (χ2v) is 4.35. The van der Waals surface area contributed by atoms with Crippen LogP contribution in [0, 0.1) is 5.92 Å². The molecule has 0 bridgehead atoms. The molecule has 1 aromatic rings. The number of esters is 1. The van der Waals surface area contributed by atoms with Crippen LogP contribution in [-0.4, -0.2) is 32.6 Å². The van der Waals surface area contributed by atoms with Gasteiger partial charge in [0.15, 0.2) is 0 Å². The summed E-state index contributed by atoms with van der Waals surface area (Å²) in [6.07, 6.45) is 0.165. The molecule has 1 amide bonds. The minimum atomic E-state index is -0.416. The van der Waals surface area contributed by atoms with Crippen LogP contribution in [0.5, 0.6) is 5.75 Å². The molecule has 1 aliphatic rings. The van der Waals surface area contributed by atoms with Crippen LogP contribution in [0.3, 0.4) is 0 Å². The van der Waals surface area contributed by atoms with Crippen molar-refractivity contribution in [2.24, 2.45) is 5.92 Å². The summed E-state index contributed by atoms with van der Waals surface area (Å²) < 4.78 is 9.73. The van der Waals surface area contributed by atoms with Gasteiger partial charge < -0.3 is 20.1 Å². The molecular formula is C13H16N2O4. The molecule has 1 unspecified atom stereocenters. The van der Waals surface area contributed by atoms with E-state index in [1.807, 2.05) is 0 Å². The summed E-state index contributed by atoms with van der Waals surface area (Å²) in [6, 6.07) is 5.10. The maximum Gasteiger partial charge on any atom is 0.311 e. The molecule has 1 fully saturated rings. The lowest BCUT2D eigenvalue weighted by atomic mass is 10.1. The van der Waals surface area contributed by atoms with Crippen LogP contribution < -0.4 is 15.4 Å². The number of nitrogen functional groups attached to an aromatic ring is 1. The number of ether oxygens (including phenoxy) is 2. The molecule has 0 saturated carbocycles. The highest BCUT2D eigenvalue weighted by molar-refractivity contribution is 5.99. The van der Waals surface area contributed by atoms with Gasteiger partial charge in [-0.2, -0.15) is 0 Å². The third kappa shape index (κ3) is 2.47. The van der Waals surface area contributed by atoms with Crippen molar-refractivity contribution < 1.29 is 19.1 Å². The van der Waals surface area contributed by atoms with E-state index in [2.05, 4.69) is 4.74 Å². The molecule has 0 radical (unpaired) electrons. The van der Waals surface area contributed by atoms with Crippen LogP contribution in [0.15, 0.2) is 18.2 Å². The number of anilines is 2. The van der Waals surface area contributed by atoms with Gasteiger partial charge in [-0.25, -0.2) is 0 Å². The van der Waals surface area contributed by atoms with Gasteiger partial charge in [0.1, 0.15) is 5.75 Å². The average molecular weight is 264 g/mol. The largest absolute Gasteiger partial charge is 0.495 e. The number of hydrogen-bond acceptors (Lipinski definition) is 5. The number of hydrogen-bond donors (Lipinski definition) is 1. The summed E-state index contributed by atoms with van der Waals surface area (Å²) in [6.45, 7) is 0.317. The maximum atomic E-state index is 11.9. The van der Waals surface area contributed by atoms with Gasteiger partial charge in [0.25, 0.3) is 0 Å². The molecule has 0 spiro atoms. The Kier molecular flexibility index (Phi) is 3.59. The Balaban J connectivity index is 2.21. The first-order valence-electron chi connectivity index (χ1n) is 5.88. The van der Waals surface area contributed by atoms with Crippen LogP contribution in [0.25, 0.3) is 0 Å². The van der Waals surface area contributed by atoms with Crippen molar-refractivity contribution in [3.8, 4) is 5.75 Å². The molecule has 1 saturated heterocycles. The highest BCUT2D eigenvalue weighted by Crippen LogP contribution is 2.31. The Morgan fingerprint density at radius 1 is 1.42 bits per heavy atom. The number of nitrogens with two attached hydrogens (primary N) is 1. The second kappa shape index (κ2) is 5.17. The number of carbonyl (C=O) groups is 2. The molecule has 6 nitrogen and oxygen atoms in total. The van der Waals surface area contributed by atoms with Crippen LogP contribution in [-0.2, 0) is 14.3 Å². The number of benzene rings is 1. The molecule has 2 rings (SSSR count). The lowest BCUT2D eigenvalue weighted by molar-refractivity contribution is -0.145. The summed E-state index contributed by atoms with van der Waals surface area (Å²) in [5.74, 6) is -0.335. The fourth-order valence-corrected chi connectivity index (χ4v) is 2.17. The summed E-state index contributed by atoms with van der Waals surface area (Å²) in [7, 11) is 2.85. The first-order chi connectivity index (χ1) is 9.06. The van der Waals surface area contributed by atoms with Gasteiger partial charge in [-0.05, 0) is 18.2 Å². The van der Waals surface area contributed by atoms with Crippen LogP contribution in [0.4, 0.5) is 11.4 Å². The smallest absolute Gasteiger partial charge is 0.311 e. The number of nitrogens with zero attached hydrogens (tertiary/aromatic N) is 1. The molecule has 19 heavy (non-hydrogen) atoms. The van der Waals surface area contributed by atoms with Crippen molar-refractivity contribution >= 4 is 23.3 Å². The van der Waals surface area contributed by atoms with E-state index in [0.717, 1.165) is 0 Å². The molecule has 1 aromatic carbocycles. The van der Waals surface area contributed by atoms with Gasteiger partial charge in [-0.1, -0.05) is 0 Å². The monoisotopic (exact) mass is 264 g/mol. The molecule has 102 valence electrons. The first-order valence-corrected chi connectivity index (χ1v) is 5.88. The Morgan fingerprint density at radius 3 is 2.74 bits per heavy atom. The fraction of sp³-hybridized carbons (Fsp3) is 0.385. The minimum Gasteiger partial charge on any atom is -0.495 e. The molecule has 1 heterocycles. The van der Waals surface area contributed by atoms with Crippen molar-refractivity contribution in [1.82, 2.24) is 0 Å². The fourth-order valence-electron chi connectivity index (χ4n) is 2.17. The van der Waals surface area contributed by atoms with E-state index >= 15 is 0 Å². The van der Waals surface area contributed by atoms with Crippen LogP contribution in [0.1, 0.15) is 6.42 Å². The SMILES string of the molecule is COC(=O)C1CC(=O)N(c2ccc(OC)c(N)c2)C1. The van der Waals surface area contributed by atoms with E-state index in [9.17, 15) is 9.59 Å². The van der Waals surface area contributed by atoms with Crippen molar-refractivity contribution in [3.05, 3.63) is 18.2 Å². The number of carbonyl (C=O) groups excluding carboxylic acids is 2. The Labute approximate surface area is 111 Å². The van der Waals surface area contributed by atoms with Gasteiger partial charge in [0.05, 0.1) is 25.8 Å². The van der Waals surface area contributed by atoms with E-state index < -0.39 is 5.92 Å². The second-order valence-electron chi connectivity index (χ2n) is 4.35. The van der Waals surface area contributed by atoms with E-state index in [-0.39, 0.29) is 18.3 Å². The van der Waals surface area contributed by atoms with Gasteiger partial charge in [-0.15, -0.1) is 0 Å². The van der Waals surface area contributed by atoms with Crippen molar-refractivity contribution in [3.63, 3.8) is 0 Å². The van der Waals surface area contributed by atoms with Gasteiger partial charge in [-0.3, -0.25) is 9.59 Å². The van der Waals surface area contributed by atoms with Gasteiger partial charge in [0.2, 0.25) is 5.91 Å². The standard InChI is InChI=1S/C13H16N2O4/c1-18-11-4-3-9(6-10(11)14)15-7-8(5-12(15)16)13(17)19-2/h3-4,6,8H,5,7,14H2,1-2H3. The van der Waals surface area contributed by atoms with Crippen molar-refractivity contribution in [2.45, 2.75) is 6.42 Å². The quantitative estimate of drug-likeness (QED) is 0.645. The normalized spacial score (nSPS) is 18.5. The molecule has 6 heteroatoms. The van der Waals surface area contributed by atoms with Gasteiger partial charge >= 0.3 is 5.97 Å². The summed E-state index contributed by atoms with van der Waals surface area (Å²) >= 11 is 0. The predicted octanol–water partition coefficient (Wildman–Crippen LogP) is 0.803. The van der Waals surface area contributed by atoms with Crippen molar-refractivity contribution in [1.29, 1.82) is 0 Å². The van der Waals surface area contributed by atoms with E-state index in [1.54, 1.807) is 18.2 Å². The van der Waals surface area contributed by atoms with E-state index in [1.165, 1.54) is 19.1 Å². The van der Waals surface area contributed by atoms with E-state index in [4.69, 9.17) is 10.5 Å². The third-order valence-corrected chi connectivity index (χ3v) is 3.18. The zero-order valence-electron chi connectivity index (χ0n) is 10.9. The number of methoxy groups -OCH3 is 2. The predicted molar refractivity (Wildman–Crippen MR) is 69.9 cm³/mol. The lowest BCUT2D eigenvalue weighted by Gasteiger charge is -2.17. The zero-order chi connectivity index (χ0) is 14.0. The molecule has 1 atom stereocenters. The molecule has 0 aliphatic carbocycles. The Bertz CT molecular complexity index is 515. The van der Waals surface area contributed by atoms with E-state index in [0.29, 0.717) is 23.7 Å². The van der Waals surface area contributed by atoms with Gasteiger partial charge in [0, 0.05) is 18.7 Å². The van der Waals surface area contributed by atoms with Crippen LogP contribution >= 0.6 is 0 Å². The van der Waals surface area contributed by atoms with Crippen LogP contribution in [0.2, 0.25) is 0 Å². The lowest BCUT2D eigenvalue weighted by Crippen LogP contribution is -2.26. The minimum absolute atomic E-state index is 0.111. The zero-order valence-corrected chi connectivity index (χ0v) is 10.9. The average Bonchev–Trinajstić information content (AvgIpc) is 2.80. The first kappa shape index (κ1) is 13.2. The molecule has 0 aromatic heterocycles. The Morgan fingerprint density at radius 2 is 2.16 bits per heavy atom. The number of rotatable bonds is 3. The topological polar surface area (TPSA) is 81.9 Å². The highest BCUT2D eigenvalue weighted by Gasteiger charge is 2.35. The maximum absolute atomic E-state index is 11.9. The summed E-state index contributed by atoms with van der Waals surface area (Å²) in [5, 5.41) is 0. The molecule has 2 N–H and O–H groups in total. The third-order valence-electron chi connectivity index (χ3n) is 3.18. The highest BCUT2D eigenvalue weighted by atomic mass is 16.5. The van der Waals surface area contributed by atoms with Crippen molar-refractivity contribution in [2.75, 3.05) is 31.4 Å². The summed E-state index contributed by atoms with van der Waals surface area (Å²) in [4.78, 5) is 24.9. The molecular weight excluding hydrogens is 248 g/mol. The number of amides is 1. The Hall–Kier alpha value is -2.24.